The summed E-state index contributed by atoms with van der Waals surface area (Å²) in [7, 11) is 0. The molecule has 1 aromatic carbocycles. The average Bonchev–Trinajstić information content (AvgIpc) is 2.37. The van der Waals surface area contributed by atoms with E-state index < -0.39 is 24.0 Å². The molecule has 19 heavy (non-hydrogen) atoms. The highest BCUT2D eigenvalue weighted by Crippen LogP contribution is 2.25. The van der Waals surface area contributed by atoms with Crippen molar-refractivity contribution in [2.45, 2.75) is 12.8 Å². The normalized spacial score (nSPS) is 11.2. The molecule has 0 aromatic heterocycles. The molecular weight excluding hydrogens is 260 g/mol. The number of rotatable bonds is 7. The first-order valence-corrected chi connectivity index (χ1v) is 5.64. The van der Waals surface area contributed by atoms with E-state index in [0.29, 0.717) is 12.2 Å². The Morgan fingerprint density at radius 3 is 2.37 bits per heavy atom. The Kier molecular flexibility index (Phi) is 4.99. The lowest BCUT2D eigenvalue weighted by Crippen LogP contribution is -2.31. The predicted octanol–water partition coefficient (Wildman–Crippen LogP) is 2.07. The maximum atomic E-state index is 12.9. The summed E-state index contributed by atoms with van der Waals surface area (Å²) in [5.74, 6) is -3.27. The summed E-state index contributed by atoms with van der Waals surface area (Å²) in [4.78, 5) is 10.1. The van der Waals surface area contributed by atoms with E-state index in [1.165, 1.54) is 12.1 Å². The van der Waals surface area contributed by atoms with Crippen LogP contribution in [-0.4, -0.2) is 35.6 Å². The highest BCUT2D eigenvalue weighted by molar-refractivity contribution is 5.63. The van der Waals surface area contributed by atoms with Crippen LogP contribution in [0.25, 0.3) is 0 Å². The Morgan fingerprint density at radius 2 is 1.89 bits per heavy atom. The number of aliphatic hydroxyl groups excluding tert-OH is 1. The second-order valence-corrected chi connectivity index (χ2v) is 3.92. The van der Waals surface area contributed by atoms with Crippen molar-refractivity contribution in [1.82, 2.24) is 0 Å². The first-order valence-electron chi connectivity index (χ1n) is 5.64. The van der Waals surface area contributed by atoms with Crippen LogP contribution in [0.3, 0.4) is 0 Å². The van der Waals surface area contributed by atoms with Crippen molar-refractivity contribution >= 4 is 17.1 Å². The lowest BCUT2D eigenvalue weighted by molar-refractivity contribution is -0.384. The third-order valence-corrected chi connectivity index (χ3v) is 2.29. The number of halogens is 2. The second kappa shape index (κ2) is 6.28. The van der Waals surface area contributed by atoms with E-state index in [4.69, 9.17) is 5.11 Å². The molecule has 106 valence electrons. The van der Waals surface area contributed by atoms with Crippen molar-refractivity contribution in [3.63, 3.8) is 0 Å². The maximum Gasteiger partial charge on any atom is 0.287 e. The third kappa shape index (κ3) is 4.66. The van der Waals surface area contributed by atoms with E-state index in [1.807, 2.05) is 6.92 Å². The Balaban J connectivity index is 2.90. The van der Waals surface area contributed by atoms with Gasteiger partial charge in [-0.05, 0) is 13.0 Å². The quantitative estimate of drug-likeness (QED) is 0.523. The van der Waals surface area contributed by atoms with E-state index in [0.717, 1.165) is 6.07 Å². The molecule has 0 fully saturated rings. The van der Waals surface area contributed by atoms with E-state index in [-0.39, 0.29) is 11.4 Å². The average molecular weight is 275 g/mol. The number of anilines is 2. The molecule has 0 aliphatic carbocycles. The zero-order valence-corrected chi connectivity index (χ0v) is 10.3. The molecular formula is C11H15F2N3O3. The molecule has 6 nitrogen and oxygen atoms in total. The SMILES string of the molecule is CCNc1cc(NCC(F)(F)CO)cc([N+](=O)[O-])c1. The van der Waals surface area contributed by atoms with Gasteiger partial charge in [0.2, 0.25) is 0 Å². The van der Waals surface area contributed by atoms with E-state index in [2.05, 4.69) is 10.6 Å². The Morgan fingerprint density at radius 1 is 1.32 bits per heavy atom. The van der Waals surface area contributed by atoms with Crippen molar-refractivity contribution in [3.8, 4) is 0 Å². The molecule has 0 atom stereocenters. The second-order valence-electron chi connectivity index (χ2n) is 3.92. The zero-order valence-electron chi connectivity index (χ0n) is 10.3. The van der Waals surface area contributed by atoms with E-state index >= 15 is 0 Å². The zero-order chi connectivity index (χ0) is 14.5. The molecule has 0 unspecified atom stereocenters. The number of nitrogens with zero attached hydrogens (tertiary/aromatic N) is 1. The molecule has 0 radical (unpaired) electrons. The fraction of sp³-hybridized carbons (Fsp3) is 0.455. The summed E-state index contributed by atoms with van der Waals surface area (Å²) in [6, 6.07) is 3.97. The van der Waals surface area contributed by atoms with Gasteiger partial charge in [-0.25, -0.2) is 8.78 Å². The van der Waals surface area contributed by atoms with Crippen molar-refractivity contribution in [2.24, 2.45) is 0 Å². The third-order valence-electron chi connectivity index (χ3n) is 2.29. The monoisotopic (exact) mass is 275 g/mol. The molecule has 8 heteroatoms. The lowest BCUT2D eigenvalue weighted by atomic mass is 10.2. The standard InChI is InChI=1S/C11H15F2N3O3/c1-2-14-8-3-9(5-10(4-8)16(18)19)15-6-11(12,13)7-17/h3-5,14-15,17H,2,6-7H2,1H3. The van der Waals surface area contributed by atoms with Gasteiger partial charge in [0.05, 0.1) is 11.5 Å². The van der Waals surface area contributed by atoms with Gasteiger partial charge in [-0.1, -0.05) is 0 Å². The molecule has 0 heterocycles. The number of nitro benzene ring substituents is 1. The van der Waals surface area contributed by atoms with Gasteiger partial charge in [-0.2, -0.15) is 0 Å². The van der Waals surface area contributed by atoms with Gasteiger partial charge in [-0.3, -0.25) is 10.1 Å². The summed E-state index contributed by atoms with van der Waals surface area (Å²) >= 11 is 0. The van der Waals surface area contributed by atoms with Crippen LogP contribution in [0.4, 0.5) is 25.8 Å². The van der Waals surface area contributed by atoms with Crippen LogP contribution in [-0.2, 0) is 0 Å². The minimum atomic E-state index is -3.27. The fourth-order valence-electron chi connectivity index (χ4n) is 1.41. The van der Waals surface area contributed by atoms with Gasteiger partial charge < -0.3 is 15.7 Å². The van der Waals surface area contributed by atoms with Crippen molar-refractivity contribution in [3.05, 3.63) is 28.3 Å². The summed E-state index contributed by atoms with van der Waals surface area (Å²) in [5, 5.41) is 24.4. The number of benzene rings is 1. The number of nitro groups is 1. The number of aliphatic hydroxyl groups is 1. The molecule has 0 saturated carbocycles. The van der Waals surface area contributed by atoms with E-state index in [9.17, 15) is 18.9 Å². The van der Waals surface area contributed by atoms with Gasteiger partial charge >= 0.3 is 0 Å². The summed E-state index contributed by atoms with van der Waals surface area (Å²) in [6.45, 7) is 0.282. The van der Waals surface area contributed by atoms with Crippen LogP contribution < -0.4 is 10.6 Å². The minimum absolute atomic E-state index is 0.193. The van der Waals surface area contributed by atoms with Crippen LogP contribution in [0, 0.1) is 10.1 Å². The van der Waals surface area contributed by atoms with Crippen LogP contribution in [0.15, 0.2) is 18.2 Å². The van der Waals surface area contributed by atoms with Gasteiger partial charge in [0.1, 0.15) is 6.61 Å². The predicted molar refractivity (Wildman–Crippen MR) is 67.8 cm³/mol. The molecule has 0 aliphatic rings. The summed E-state index contributed by atoms with van der Waals surface area (Å²) in [6.07, 6.45) is 0. The molecule has 0 spiro atoms. The molecule has 0 aliphatic heterocycles. The van der Waals surface area contributed by atoms with Gasteiger partial charge in [0.15, 0.2) is 0 Å². The molecule has 0 bridgehead atoms. The van der Waals surface area contributed by atoms with Crippen LogP contribution >= 0.6 is 0 Å². The Hall–Kier alpha value is -1.96. The minimum Gasteiger partial charge on any atom is -0.390 e. The molecule has 1 aromatic rings. The van der Waals surface area contributed by atoms with Gasteiger partial charge in [0, 0.05) is 30.1 Å². The van der Waals surface area contributed by atoms with Crippen molar-refractivity contribution in [1.29, 1.82) is 0 Å². The molecule has 3 N–H and O–H groups in total. The number of nitrogens with one attached hydrogen (secondary N) is 2. The summed E-state index contributed by atoms with van der Waals surface area (Å²) in [5.41, 5.74) is 0.457. The van der Waals surface area contributed by atoms with Crippen molar-refractivity contribution < 1.29 is 18.8 Å². The van der Waals surface area contributed by atoms with Crippen LogP contribution in [0.2, 0.25) is 0 Å². The number of hydrogen-bond donors (Lipinski definition) is 3. The van der Waals surface area contributed by atoms with Gasteiger partial charge in [-0.15, -0.1) is 0 Å². The number of alkyl halides is 2. The lowest BCUT2D eigenvalue weighted by Gasteiger charge is -2.15. The maximum absolute atomic E-state index is 12.9. The highest BCUT2D eigenvalue weighted by atomic mass is 19.3. The van der Waals surface area contributed by atoms with Crippen LogP contribution in [0.5, 0.6) is 0 Å². The highest BCUT2D eigenvalue weighted by Gasteiger charge is 2.27. The fourth-order valence-corrected chi connectivity index (χ4v) is 1.41. The molecule has 0 saturated heterocycles. The topological polar surface area (TPSA) is 87.4 Å². The smallest absolute Gasteiger partial charge is 0.287 e. The molecule has 1 rings (SSSR count). The summed E-state index contributed by atoms with van der Waals surface area (Å²) < 4.78 is 25.8. The number of non-ortho nitro benzene ring substituents is 1. The van der Waals surface area contributed by atoms with Crippen LogP contribution in [0.1, 0.15) is 6.92 Å². The number of hydrogen-bond acceptors (Lipinski definition) is 5. The Labute approximate surface area is 108 Å². The molecule has 0 amide bonds. The largest absolute Gasteiger partial charge is 0.390 e. The first kappa shape index (κ1) is 15.1. The Bertz CT molecular complexity index is 455. The van der Waals surface area contributed by atoms with Crippen molar-refractivity contribution in [2.75, 3.05) is 30.3 Å². The van der Waals surface area contributed by atoms with E-state index in [1.54, 1.807) is 0 Å². The first-order chi connectivity index (χ1) is 8.88. The van der Waals surface area contributed by atoms with Gasteiger partial charge in [0.25, 0.3) is 11.6 Å².